The Morgan fingerprint density at radius 1 is 1.40 bits per heavy atom. The summed E-state index contributed by atoms with van der Waals surface area (Å²) in [5.41, 5.74) is 0. The predicted octanol–water partition coefficient (Wildman–Crippen LogP) is 2.57. The Labute approximate surface area is 93.1 Å². The normalized spacial score (nSPS) is 12.8. The molecule has 0 amide bonds. The van der Waals surface area contributed by atoms with E-state index in [-0.39, 0.29) is 12.0 Å². The molecule has 0 aromatic rings. The Kier molecular flexibility index (Phi) is 7.78. The van der Waals surface area contributed by atoms with Gasteiger partial charge in [-0.15, -0.1) is 0 Å². The van der Waals surface area contributed by atoms with Crippen LogP contribution in [0.1, 0.15) is 40.0 Å². The van der Waals surface area contributed by atoms with Gasteiger partial charge in [-0.1, -0.05) is 19.9 Å². The van der Waals surface area contributed by atoms with Crippen molar-refractivity contribution in [1.82, 2.24) is 4.90 Å². The van der Waals surface area contributed by atoms with E-state index in [1.165, 1.54) is 7.11 Å². The van der Waals surface area contributed by atoms with Gasteiger partial charge in [0.15, 0.2) is 0 Å². The maximum atomic E-state index is 11.2. The highest BCUT2D eigenvalue weighted by molar-refractivity contribution is 5.69. The predicted molar refractivity (Wildman–Crippen MR) is 62.5 cm³/mol. The van der Waals surface area contributed by atoms with Crippen molar-refractivity contribution in [3.63, 3.8) is 0 Å². The molecule has 0 radical (unpaired) electrons. The quantitative estimate of drug-likeness (QED) is 0.609. The van der Waals surface area contributed by atoms with E-state index in [0.29, 0.717) is 6.42 Å². The second kappa shape index (κ2) is 8.33. The molecular weight excluding hydrogens is 190 g/mol. The SMILES string of the molecule is CC/C=C\N(CC)C(CC)CC(=O)OC. The van der Waals surface area contributed by atoms with Crippen molar-refractivity contribution < 1.29 is 9.53 Å². The van der Waals surface area contributed by atoms with Crippen LogP contribution in [-0.4, -0.2) is 30.6 Å². The van der Waals surface area contributed by atoms with Gasteiger partial charge in [0.1, 0.15) is 0 Å². The molecule has 0 spiro atoms. The second-order valence-corrected chi connectivity index (χ2v) is 3.47. The number of hydrogen-bond acceptors (Lipinski definition) is 3. The number of allylic oxidation sites excluding steroid dienone is 1. The minimum atomic E-state index is -0.134. The monoisotopic (exact) mass is 213 g/mol. The van der Waals surface area contributed by atoms with Crippen molar-refractivity contribution in [3.8, 4) is 0 Å². The lowest BCUT2D eigenvalue weighted by atomic mass is 10.1. The molecule has 15 heavy (non-hydrogen) atoms. The largest absolute Gasteiger partial charge is 0.469 e. The van der Waals surface area contributed by atoms with Crippen molar-refractivity contribution in [2.45, 2.75) is 46.1 Å². The third kappa shape index (κ3) is 5.45. The number of ether oxygens (including phenoxy) is 1. The molecule has 0 N–H and O–H groups in total. The summed E-state index contributed by atoms with van der Waals surface area (Å²) in [6, 6.07) is 0.255. The zero-order valence-electron chi connectivity index (χ0n) is 10.3. The average molecular weight is 213 g/mol. The summed E-state index contributed by atoms with van der Waals surface area (Å²) in [5, 5.41) is 0. The summed E-state index contributed by atoms with van der Waals surface area (Å²) in [6.45, 7) is 7.22. The standard InChI is InChI=1S/C12H23NO2/c1-5-8-9-13(7-3)11(6-2)10-12(14)15-4/h8-9,11H,5-7,10H2,1-4H3/b9-8-. The van der Waals surface area contributed by atoms with Crippen LogP contribution in [0.4, 0.5) is 0 Å². The Morgan fingerprint density at radius 3 is 2.47 bits per heavy atom. The van der Waals surface area contributed by atoms with Crippen molar-refractivity contribution in [2.75, 3.05) is 13.7 Å². The van der Waals surface area contributed by atoms with Crippen LogP contribution in [0, 0.1) is 0 Å². The maximum absolute atomic E-state index is 11.2. The smallest absolute Gasteiger partial charge is 0.307 e. The van der Waals surface area contributed by atoms with Gasteiger partial charge in [-0.25, -0.2) is 0 Å². The molecule has 3 heteroatoms. The molecule has 3 nitrogen and oxygen atoms in total. The van der Waals surface area contributed by atoms with Gasteiger partial charge < -0.3 is 9.64 Å². The lowest BCUT2D eigenvalue weighted by Crippen LogP contribution is -2.32. The number of rotatable bonds is 7. The van der Waals surface area contributed by atoms with Crippen molar-refractivity contribution in [2.24, 2.45) is 0 Å². The van der Waals surface area contributed by atoms with Gasteiger partial charge in [-0.2, -0.15) is 0 Å². The molecule has 0 fully saturated rings. The zero-order valence-corrected chi connectivity index (χ0v) is 10.3. The van der Waals surface area contributed by atoms with Crippen molar-refractivity contribution >= 4 is 5.97 Å². The molecular formula is C12H23NO2. The van der Waals surface area contributed by atoms with Crippen LogP contribution in [0.15, 0.2) is 12.3 Å². The summed E-state index contributed by atoms with van der Waals surface area (Å²) < 4.78 is 4.69. The second-order valence-electron chi connectivity index (χ2n) is 3.47. The highest BCUT2D eigenvalue weighted by atomic mass is 16.5. The van der Waals surface area contributed by atoms with Crippen molar-refractivity contribution in [3.05, 3.63) is 12.3 Å². The van der Waals surface area contributed by atoms with Gasteiger partial charge in [-0.3, -0.25) is 4.79 Å². The summed E-state index contributed by atoms with van der Waals surface area (Å²) in [7, 11) is 1.44. The molecule has 0 bridgehead atoms. The molecule has 0 rings (SSSR count). The Morgan fingerprint density at radius 2 is 2.07 bits per heavy atom. The fourth-order valence-corrected chi connectivity index (χ4v) is 1.50. The molecule has 0 aliphatic heterocycles. The van der Waals surface area contributed by atoms with Crippen LogP contribution in [-0.2, 0) is 9.53 Å². The molecule has 0 heterocycles. The number of carbonyl (C=O) groups excluding carboxylic acids is 1. The lowest BCUT2D eigenvalue weighted by molar-refractivity contribution is -0.141. The Hall–Kier alpha value is -0.990. The van der Waals surface area contributed by atoms with Gasteiger partial charge in [-0.05, 0) is 26.0 Å². The van der Waals surface area contributed by atoms with Gasteiger partial charge in [0.2, 0.25) is 0 Å². The first-order valence-corrected chi connectivity index (χ1v) is 5.68. The zero-order chi connectivity index (χ0) is 11.7. The van der Waals surface area contributed by atoms with E-state index in [4.69, 9.17) is 4.74 Å². The van der Waals surface area contributed by atoms with Crippen LogP contribution in [0.2, 0.25) is 0 Å². The number of nitrogens with zero attached hydrogens (tertiary/aromatic N) is 1. The number of carbonyl (C=O) groups is 1. The van der Waals surface area contributed by atoms with Gasteiger partial charge >= 0.3 is 5.97 Å². The lowest BCUT2D eigenvalue weighted by Gasteiger charge is -2.28. The van der Waals surface area contributed by atoms with Crippen LogP contribution >= 0.6 is 0 Å². The molecule has 0 saturated carbocycles. The number of esters is 1. The van der Waals surface area contributed by atoms with Gasteiger partial charge in [0, 0.05) is 12.6 Å². The number of hydrogen-bond donors (Lipinski definition) is 0. The first kappa shape index (κ1) is 14.0. The summed E-state index contributed by atoms with van der Waals surface area (Å²) in [4.78, 5) is 13.4. The highest BCUT2D eigenvalue weighted by Gasteiger charge is 2.16. The molecule has 1 unspecified atom stereocenters. The maximum Gasteiger partial charge on any atom is 0.307 e. The first-order valence-electron chi connectivity index (χ1n) is 5.68. The van der Waals surface area contributed by atoms with Crippen LogP contribution in [0.25, 0.3) is 0 Å². The topological polar surface area (TPSA) is 29.5 Å². The fraction of sp³-hybridized carbons (Fsp3) is 0.750. The van der Waals surface area contributed by atoms with E-state index in [1.54, 1.807) is 0 Å². The summed E-state index contributed by atoms with van der Waals surface area (Å²) in [6.07, 6.45) is 6.64. The van der Waals surface area contributed by atoms with E-state index < -0.39 is 0 Å². The van der Waals surface area contributed by atoms with Crippen LogP contribution in [0.3, 0.4) is 0 Å². The molecule has 0 aromatic carbocycles. The summed E-state index contributed by atoms with van der Waals surface area (Å²) in [5.74, 6) is -0.134. The minimum absolute atomic E-state index is 0.134. The van der Waals surface area contributed by atoms with E-state index in [2.05, 4.69) is 37.9 Å². The molecule has 0 aromatic heterocycles. The van der Waals surface area contributed by atoms with Crippen molar-refractivity contribution in [1.29, 1.82) is 0 Å². The third-order valence-corrected chi connectivity index (χ3v) is 2.47. The fourth-order valence-electron chi connectivity index (χ4n) is 1.50. The van der Waals surface area contributed by atoms with E-state index in [0.717, 1.165) is 19.4 Å². The minimum Gasteiger partial charge on any atom is -0.469 e. The van der Waals surface area contributed by atoms with E-state index in [9.17, 15) is 4.79 Å². The Balaban J connectivity index is 4.32. The molecule has 0 saturated heterocycles. The third-order valence-electron chi connectivity index (χ3n) is 2.47. The van der Waals surface area contributed by atoms with E-state index >= 15 is 0 Å². The van der Waals surface area contributed by atoms with Crippen LogP contribution in [0.5, 0.6) is 0 Å². The molecule has 1 atom stereocenters. The number of methoxy groups -OCH3 is 1. The molecule has 0 aliphatic rings. The Bertz CT molecular complexity index is 202. The highest BCUT2D eigenvalue weighted by Crippen LogP contribution is 2.10. The average Bonchev–Trinajstić information content (AvgIpc) is 2.27. The van der Waals surface area contributed by atoms with Gasteiger partial charge in [0.25, 0.3) is 0 Å². The van der Waals surface area contributed by atoms with E-state index in [1.807, 2.05) is 0 Å². The van der Waals surface area contributed by atoms with Crippen LogP contribution < -0.4 is 0 Å². The van der Waals surface area contributed by atoms with Gasteiger partial charge in [0.05, 0.1) is 13.5 Å². The molecule has 88 valence electrons. The first-order chi connectivity index (χ1) is 7.19. The molecule has 0 aliphatic carbocycles. The summed E-state index contributed by atoms with van der Waals surface area (Å²) >= 11 is 0.